The number of esters is 1. The molecule has 0 fully saturated rings. The number of hydrogen-bond acceptors (Lipinski definition) is 4. The first-order chi connectivity index (χ1) is 11.3. The highest BCUT2D eigenvalue weighted by atomic mass is 19.1. The lowest BCUT2D eigenvalue weighted by atomic mass is 10.0. The molecule has 0 saturated carbocycles. The monoisotopic (exact) mass is 335 g/mol. The summed E-state index contributed by atoms with van der Waals surface area (Å²) in [7, 11) is 2.92. The molecule has 1 aromatic carbocycles. The van der Waals surface area contributed by atoms with Crippen molar-refractivity contribution in [3.05, 3.63) is 40.8 Å². The number of carbonyl (C=O) groups is 2. The summed E-state index contributed by atoms with van der Waals surface area (Å²) in [6.07, 6.45) is 0. The first-order valence-electron chi connectivity index (χ1n) is 7.27. The molecule has 1 N–H and O–H groups in total. The number of hydrogen-bond donors (Lipinski definition) is 1. The van der Waals surface area contributed by atoms with E-state index >= 15 is 0 Å². The number of halogens is 1. The maximum absolute atomic E-state index is 14.1. The van der Waals surface area contributed by atoms with Gasteiger partial charge < -0.3 is 19.1 Å². The van der Waals surface area contributed by atoms with Crippen molar-refractivity contribution in [3.8, 4) is 17.0 Å². The van der Waals surface area contributed by atoms with Crippen LogP contribution in [0.4, 0.5) is 4.39 Å². The number of rotatable bonds is 5. The SMILES string of the molecule is CCOC(=O)c1cc(-c2c(C(=O)O)ccc(F)c2OC)n(C)c1C. The molecule has 0 atom stereocenters. The summed E-state index contributed by atoms with van der Waals surface area (Å²) < 4.78 is 25.7. The number of benzene rings is 1. The second kappa shape index (κ2) is 6.74. The summed E-state index contributed by atoms with van der Waals surface area (Å²) in [6.45, 7) is 3.60. The largest absolute Gasteiger partial charge is 0.493 e. The maximum Gasteiger partial charge on any atom is 0.339 e. The van der Waals surface area contributed by atoms with Gasteiger partial charge in [-0.25, -0.2) is 14.0 Å². The molecule has 0 amide bonds. The fraction of sp³-hybridized carbons (Fsp3) is 0.294. The lowest BCUT2D eigenvalue weighted by molar-refractivity contribution is 0.0525. The average Bonchev–Trinajstić information content (AvgIpc) is 2.82. The highest BCUT2D eigenvalue weighted by molar-refractivity contribution is 5.99. The number of carboxylic acid groups (broad SMARTS) is 1. The van der Waals surface area contributed by atoms with Gasteiger partial charge in [0, 0.05) is 12.7 Å². The molecule has 0 aliphatic heterocycles. The molecule has 0 spiro atoms. The van der Waals surface area contributed by atoms with Gasteiger partial charge in [-0.15, -0.1) is 0 Å². The predicted octanol–water partition coefficient (Wildman–Crippen LogP) is 3.02. The maximum atomic E-state index is 14.1. The molecule has 0 radical (unpaired) electrons. The standard InChI is InChI=1S/C17H18FNO5/c1-5-24-17(22)11-8-13(19(3)9(11)2)14-10(16(20)21)6-7-12(18)15(14)23-4/h6-8H,5H2,1-4H3,(H,20,21). The van der Waals surface area contributed by atoms with Crippen molar-refractivity contribution in [2.24, 2.45) is 7.05 Å². The fourth-order valence-electron chi connectivity index (χ4n) is 2.54. The molecule has 6 nitrogen and oxygen atoms in total. The number of carbonyl (C=O) groups excluding carboxylic acids is 1. The summed E-state index contributed by atoms with van der Waals surface area (Å²) in [5.41, 5.74) is 1.17. The van der Waals surface area contributed by atoms with Crippen LogP contribution in [0.1, 0.15) is 33.3 Å². The molecule has 0 unspecified atom stereocenters. The Morgan fingerprint density at radius 2 is 1.96 bits per heavy atom. The van der Waals surface area contributed by atoms with Crippen molar-refractivity contribution in [3.63, 3.8) is 0 Å². The number of carboxylic acids is 1. The van der Waals surface area contributed by atoms with Gasteiger partial charge in [0.15, 0.2) is 11.6 Å². The highest BCUT2D eigenvalue weighted by Gasteiger charge is 2.25. The molecule has 2 rings (SSSR count). The Morgan fingerprint density at radius 1 is 1.29 bits per heavy atom. The second-order valence-corrected chi connectivity index (χ2v) is 5.12. The van der Waals surface area contributed by atoms with Gasteiger partial charge in [-0.2, -0.15) is 0 Å². The van der Waals surface area contributed by atoms with Crippen molar-refractivity contribution in [1.82, 2.24) is 4.57 Å². The van der Waals surface area contributed by atoms with Gasteiger partial charge in [0.05, 0.1) is 36.1 Å². The summed E-state index contributed by atoms with van der Waals surface area (Å²) in [5, 5.41) is 9.42. The Kier molecular flexibility index (Phi) is 4.92. The van der Waals surface area contributed by atoms with Gasteiger partial charge in [-0.05, 0) is 32.0 Å². The normalized spacial score (nSPS) is 10.5. The van der Waals surface area contributed by atoms with Gasteiger partial charge in [0.25, 0.3) is 0 Å². The van der Waals surface area contributed by atoms with Crippen LogP contribution in [0.3, 0.4) is 0 Å². The number of aromatic carboxylic acids is 1. The third kappa shape index (κ3) is 2.84. The van der Waals surface area contributed by atoms with Crippen molar-refractivity contribution >= 4 is 11.9 Å². The minimum absolute atomic E-state index is 0.0751. The molecule has 24 heavy (non-hydrogen) atoms. The smallest absolute Gasteiger partial charge is 0.339 e. The van der Waals surface area contributed by atoms with E-state index in [1.807, 2.05) is 0 Å². The molecule has 7 heteroatoms. The van der Waals surface area contributed by atoms with E-state index in [1.165, 1.54) is 19.2 Å². The average molecular weight is 335 g/mol. The van der Waals surface area contributed by atoms with Gasteiger partial charge in [0.2, 0.25) is 0 Å². The third-order valence-electron chi connectivity index (χ3n) is 3.83. The Bertz CT molecular complexity index is 810. The Hall–Kier alpha value is -2.83. The zero-order chi connectivity index (χ0) is 18.0. The van der Waals surface area contributed by atoms with E-state index < -0.39 is 17.8 Å². The first kappa shape index (κ1) is 17.5. The van der Waals surface area contributed by atoms with E-state index in [9.17, 15) is 19.1 Å². The van der Waals surface area contributed by atoms with Crippen LogP contribution in [0.25, 0.3) is 11.3 Å². The predicted molar refractivity (Wildman–Crippen MR) is 85.0 cm³/mol. The van der Waals surface area contributed by atoms with Crippen molar-refractivity contribution < 1.29 is 28.6 Å². The van der Waals surface area contributed by atoms with Crippen molar-refractivity contribution in [2.75, 3.05) is 13.7 Å². The summed E-state index contributed by atoms with van der Waals surface area (Å²) in [4.78, 5) is 23.6. The van der Waals surface area contributed by atoms with E-state index in [0.29, 0.717) is 11.4 Å². The minimum atomic E-state index is -1.22. The summed E-state index contributed by atoms with van der Waals surface area (Å²) >= 11 is 0. The molecule has 0 aliphatic rings. The van der Waals surface area contributed by atoms with Crippen LogP contribution in [0.15, 0.2) is 18.2 Å². The van der Waals surface area contributed by atoms with Gasteiger partial charge in [-0.1, -0.05) is 0 Å². The molecular formula is C17H18FNO5. The van der Waals surface area contributed by atoms with Crippen LogP contribution in [0, 0.1) is 12.7 Å². The Labute approximate surface area is 138 Å². The molecule has 128 valence electrons. The third-order valence-corrected chi connectivity index (χ3v) is 3.83. The van der Waals surface area contributed by atoms with E-state index in [4.69, 9.17) is 9.47 Å². The zero-order valence-corrected chi connectivity index (χ0v) is 13.8. The molecule has 0 aliphatic carbocycles. The van der Waals surface area contributed by atoms with Crippen LogP contribution in [0.2, 0.25) is 0 Å². The topological polar surface area (TPSA) is 77.8 Å². The van der Waals surface area contributed by atoms with Gasteiger partial charge >= 0.3 is 11.9 Å². The Morgan fingerprint density at radius 3 is 2.50 bits per heavy atom. The van der Waals surface area contributed by atoms with E-state index in [2.05, 4.69) is 0 Å². The Balaban J connectivity index is 2.77. The molecule has 2 aromatic rings. The lowest BCUT2D eigenvalue weighted by Crippen LogP contribution is -2.06. The van der Waals surface area contributed by atoms with Crippen LogP contribution in [-0.2, 0) is 11.8 Å². The van der Waals surface area contributed by atoms with Gasteiger partial charge in [0.1, 0.15) is 0 Å². The van der Waals surface area contributed by atoms with Crippen LogP contribution in [0.5, 0.6) is 5.75 Å². The minimum Gasteiger partial charge on any atom is -0.493 e. The second-order valence-electron chi connectivity index (χ2n) is 5.12. The van der Waals surface area contributed by atoms with Crippen molar-refractivity contribution in [1.29, 1.82) is 0 Å². The zero-order valence-electron chi connectivity index (χ0n) is 13.8. The fourth-order valence-corrected chi connectivity index (χ4v) is 2.54. The van der Waals surface area contributed by atoms with Crippen LogP contribution >= 0.6 is 0 Å². The molecule has 0 bridgehead atoms. The van der Waals surface area contributed by atoms with Crippen LogP contribution < -0.4 is 4.74 Å². The number of aromatic nitrogens is 1. The van der Waals surface area contributed by atoms with E-state index in [-0.39, 0.29) is 29.0 Å². The number of nitrogens with zero attached hydrogens (tertiary/aromatic N) is 1. The summed E-state index contributed by atoms with van der Waals surface area (Å²) in [6, 6.07) is 3.69. The molecule has 1 heterocycles. The molecular weight excluding hydrogens is 317 g/mol. The van der Waals surface area contributed by atoms with Crippen molar-refractivity contribution in [2.45, 2.75) is 13.8 Å². The number of methoxy groups -OCH3 is 1. The summed E-state index contributed by atoms with van der Waals surface area (Å²) in [5.74, 6) is -2.62. The quantitative estimate of drug-likeness (QED) is 0.850. The van der Waals surface area contributed by atoms with E-state index in [1.54, 1.807) is 25.5 Å². The molecule has 0 saturated heterocycles. The van der Waals surface area contributed by atoms with Crippen LogP contribution in [-0.4, -0.2) is 35.3 Å². The first-order valence-corrected chi connectivity index (χ1v) is 7.27. The van der Waals surface area contributed by atoms with Gasteiger partial charge in [-0.3, -0.25) is 0 Å². The molecule has 1 aromatic heterocycles. The highest BCUT2D eigenvalue weighted by Crippen LogP contribution is 2.37. The lowest BCUT2D eigenvalue weighted by Gasteiger charge is -2.14. The number of ether oxygens (including phenoxy) is 2. The van der Waals surface area contributed by atoms with E-state index in [0.717, 1.165) is 6.07 Å².